The van der Waals surface area contributed by atoms with E-state index in [1.807, 2.05) is 4.90 Å². The van der Waals surface area contributed by atoms with Crippen LogP contribution in [0.1, 0.15) is 108 Å². The number of benzene rings is 1. The molecular weight excluding hydrogens is 748 g/mol. The molecule has 0 radical (unpaired) electrons. The number of likely N-dealkylation sites (tertiary alicyclic amines) is 1. The number of rotatable bonds is 10. The number of pyridine rings is 1. The summed E-state index contributed by atoms with van der Waals surface area (Å²) >= 11 is 5.74. The molecule has 4 fully saturated rings. The van der Waals surface area contributed by atoms with Gasteiger partial charge >= 0.3 is 6.18 Å². The first-order valence-corrected chi connectivity index (χ1v) is 19.6. The van der Waals surface area contributed by atoms with Crippen LogP contribution in [0.3, 0.4) is 0 Å². The van der Waals surface area contributed by atoms with Crippen molar-refractivity contribution in [3.63, 3.8) is 0 Å². The van der Waals surface area contributed by atoms with Crippen molar-refractivity contribution >= 4 is 52.3 Å². The average Bonchev–Trinajstić information content (AvgIpc) is 3.32. The monoisotopic (exact) mass is 795 g/mol. The number of ether oxygens (including phenoxy) is 1. The van der Waals surface area contributed by atoms with E-state index in [9.17, 15) is 37.6 Å². The Labute approximate surface area is 330 Å². The first kappa shape index (κ1) is 41.2. The van der Waals surface area contributed by atoms with Crippen molar-refractivity contribution in [2.75, 3.05) is 23.4 Å². The molecule has 4 atom stereocenters. The summed E-state index contributed by atoms with van der Waals surface area (Å²) < 4.78 is 47.5. The third-order valence-corrected chi connectivity index (χ3v) is 12.2. The lowest BCUT2D eigenvalue weighted by Gasteiger charge is -2.42. The van der Waals surface area contributed by atoms with Crippen LogP contribution in [-0.4, -0.2) is 86.4 Å². The molecule has 0 spiro atoms. The first-order chi connectivity index (χ1) is 26.5. The quantitative estimate of drug-likeness (QED) is 0.215. The minimum atomic E-state index is -4.76. The van der Waals surface area contributed by atoms with Crippen LogP contribution in [0.25, 0.3) is 0 Å². The molecule has 56 heavy (non-hydrogen) atoms. The number of thiocarbonyl (C=S) groups is 1. The second kappa shape index (κ2) is 16.6. The zero-order valence-corrected chi connectivity index (χ0v) is 32.8. The number of aromatic nitrogens is 1. The highest BCUT2D eigenvalue weighted by molar-refractivity contribution is 7.80. The van der Waals surface area contributed by atoms with Gasteiger partial charge in [0, 0.05) is 31.2 Å². The molecule has 4 heterocycles. The van der Waals surface area contributed by atoms with E-state index < -0.39 is 34.7 Å². The molecule has 1 aromatic carbocycles. The number of nitrogens with zero attached hydrogens (tertiary/aromatic N) is 5. The summed E-state index contributed by atoms with van der Waals surface area (Å²) in [5.41, 5.74) is -1.59. The molecule has 16 heteroatoms. The first-order valence-electron chi connectivity index (χ1n) is 19.2. The van der Waals surface area contributed by atoms with Gasteiger partial charge in [0.2, 0.25) is 17.7 Å². The fourth-order valence-corrected chi connectivity index (χ4v) is 9.43. The van der Waals surface area contributed by atoms with Crippen molar-refractivity contribution in [2.24, 2.45) is 5.92 Å². The summed E-state index contributed by atoms with van der Waals surface area (Å²) in [5, 5.41) is 14.6. The average molecular weight is 796 g/mol. The zero-order valence-electron chi connectivity index (χ0n) is 32.0. The van der Waals surface area contributed by atoms with Crippen molar-refractivity contribution in [1.29, 1.82) is 5.26 Å². The Morgan fingerprint density at radius 3 is 2.38 bits per heavy atom. The van der Waals surface area contributed by atoms with Gasteiger partial charge in [0.25, 0.3) is 5.91 Å². The van der Waals surface area contributed by atoms with Gasteiger partial charge in [-0.3, -0.25) is 39.3 Å². The molecule has 3 saturated heterocycles. The number of carbonyl (C=O) groups excluding carboxylic acids is 4. The van der Waals surface area contributed by atoms with Crippen LogP contribution in [-0.2, 0) is 30.1 Å². The number of carbonyl (C=O) groups is 4. The number of imide groups is 1. The molecule has 2 aromatic rings. The van der Waals surface area contributed by atoms with Crippen molar-refractivity contribution in [2.45, 2.75) is 127 Å². The molecule has 0 bridgehead atoms. The van der Waals surface area contributed by atoms with E-state index in [0.717, 1.165) is 49.1 Å². The van der Waals surface area contributed by atoms with E-state index in [2.05, 4.69) is 34.4 Å². The number of alkyl halides is 3. The zero-order chi connectivity index (χ0) is 40.5. The molecule has 2 N–H and O–H groups in total. The van der Waals surface area contributed by atoms with Gasteiger partial charge in [0.05, 0.1) is 59.0 Å². The van der Waals surface area contributed by atoms with Crippen LogP contribution in [0, 0.1) is 17.2 Å². The maximum atomic E-state index is 13.7. The minimum Gasteiger partial charge on any atom is -0.378 e. The maximum Gasteiger partial charge on any atom is 0.417 e. The van der Waals surface area contributed by atoms with Crippen LogP contribution in [0.4, 0.5) is 24.5 Å². The maximum absolute atomic E-state index is 13.7. The van der Waals surface area contributed by atoms with Crippen LogP contribution in [0.15, 0.2) is 36.5 Å². The molecule has 4 amide bonds. The number of piperidine rings is 2. The van der Waals surface area contributed by atoms with Crippen molar-refractivity contribution in [1.82, 2.24) is 20.1 Å². The van der Waals surface area contributed by atoms with E-state index in [1.165, 1.54) is 12.3 Å². The highest BCUT2D eigenvalue weighted by atomic mass is 32.1. The normalized spacial score (nSPS) is 27.2. The van der Waals surface area contributed by atoms with E-state index >= 15 is 0 Å². The topological polar surface area (TPSA) is 148 Å². The fourth-order valence-electron chi connectivity index (χ4n) is 8.87. The van der Waals surface area contributed by atoms with Crippen molar-refractivity contribution in [3.8, 4) is 6.07 Å². The number of nitriles is 1. The lowest BCUT2D eigenvalue weighted by Crippen LogP contribution is -2.51. The molecule has 3 aliphatic heterocycles. The third-order valence-electron chi connectivity index (χ3n) is 11.8. The summed E-state index contributed by atoms with van der Waals surface area (Å²) in [5.74, 6) is -1.23. The summed E-state index contributed by atoms with van der Waals surface area (Å²) in [6, 6.07) is 8.54. The van der Waals surface area contributed by atoms with E-state index in [1.54, 1.807) is 32.0 Å². The van der Waals surface area contributed by atoms with E-state index in [0.29, 0.717) is 43.2 Å². The number of halogens is 3. The molecule has 6 rings (SSSR count). The number of amides is 4. The summed E-state index contributed by atoms with van der Waals surface area (Å²) in [6.07, 6.45) is 3.23. The predicted octanol–water partition coefficient (Wildman–Crippen LogP) is 6.05. The molecule has 1 aliphatic carbocycles. The summed E-state index contributed by atoms with van der Waals surface area (Å²) in [4.78, 5) is 59.9. The standard InChI is InChI=1S/C40H48F3N7O5S/c1-23-17-25(18-24(2)48(23)22-35(52)46-27-6-13-33(45-21-27)31-12-14-34(51)47-36(31)53)15-16-55-30-10-8-28(9-11-30)50-38(56)49(37(54)39(50,3)4)29-7-5-26(20-44)32(19-29)40(41,42)43/h5-7,13,19,21,23-25,28,30-31H,8-12,14-18,22H2,1-4H3,(H,46,52)(H,47,51,53)/t23-,24+,25?,28-,30-,31?. The van der Waals surface area contributed by atoms with Crippen LogP contribution < -0.4 is 15.5 Å². The van der Waals surface area contributed by atoms with Gasteiger partial charge in [-0.15, -0.1) is 0 Å². The van der Waals surface area contributed by atoms with Crippen molar-refractivity contribution < 1.29 is 37.1 Å². The van der Waals surface area contributed by atoms with Gasteiger partial charge in [-0.1, -0.05) is 0 Å². The Morgan fingerprint density at radius 1 is 1.07 bits per heavy atom. The Kier molecular flexibility index (Phi) is 12.2. The van der Waals surface area contributed by atoms with Crippen LogP contribution in [0.2, 0.25) is 0 Å². The molecule has 300 valence electrons. The smallest absolute Gasteiger partial charge is 0.378 e. The van der Waals surface area contributed by atoms with Crippen molar-refractivity contribution in [3.05, 3.63) is 53.3 Å². The summed E-state index contributed by atoms with van der Waals surface area (Å²) in [6.45, 7) is 8.61. The highest BCUT2D eigenvalue weighted by Gasteiger charge is 2.52. The fraction of sp³-hybridized carbons (Fsp3) is 0.575. The lowest BCUT2D eigenvalue weighted by atomic mass is 9.85. The number of hydrogen-bond acceptors (Lipinski definition) is 9. The number of nitrogens with one attached hydrogen (secondary N) is 2. The van der Waals surface area contributed by atoms with Crippen LogP contribution >= 0.6 is 12.2 Å². The summed E-state index contributed by atoms with van der Waals surface area (Å²) in [7, 11) is 0. The van der Waals surface area contributed by atoms with E-state index in [4.69, 9.17) is 17.0 Å². The Morgan fingerprint density at radius 2 is 1.77 bits per heavy atom. The molecular formula is C40H48F3N7O5S. The molecule has 2 unspecified atom stereocenters. The molecule has 1 aromatic heterocycles. The second-order valence-corrected chi connectivity index (χ2v) is 16.4. The predicted molar refractivity (Wildman–Crippen MR) is 205 cm³/mol. The van der Waals surface area contributed by atoms with Gasteiger partial charge in [0.15, 0.2) is 5.11 Å². The second-order valence-electron chi connectivity index (χ2n) is 16.0. The Bertz CT molecular complexity index is 1880. The van der Waals surface area contributed by atoms with Gasteiger partial charge in [-0.25, -0.2) is 0 Å². The largest absolute Gasteiger partial charge is 0.417 e. The Hall–Kier alpha value is -4.46. The Balaban J connectivity index is 0.942. The molecule has 1 saturated carbocycles. The van der Waals surface area contributed by atoms with Crippen LogP contribution in [0.5, 0.6) is 0 Å². The molecule has 12 nitrogen and oxygen atoms in total. The minimum absolute atomic E-state index is 0.00939. The van der Waals surface area contributed by atoms with Gasteiger partial charge in [-0.2, -0.15) is 18.4 Å². The van der Waals surface area contributed by atoms with Gasteiger partial charge < -0.3 is 15.0 Å². The van der Waals surface area contributed by atoms with Gasteiger partial charge in [0.1, 0.15) is 5.54 Å². The third kappa shape index (κ3) is 8.74. The van der Waals surface area contributed by atoms with Gasteiger partial charge in [-0.05, 0) is 128 Å². The highest BCUT2D eigenvalue weighted by Crippen LogP contribution is 2.41. The molecule has 4 aliphatic rings. The lowest BCUT2D eigenvalue weighted by molar-refractivity contribution is -0.138. The van der Waals surface area contributed by atoms with E-state index in [-0.39, 0.29) is 65.7 Å². The number of hydrogen-bond donors (Lipinski definition) is 2. The number of anilines is 2. The SMILES string of the molecule is C[C@@H]1CC(CCO[C@H]2CC[C@H](N3C(=S)N(c4ccc(C#N)c(C(F)(F)F)c4)C(=O)C3(C)C)CC2)C[C@H](C)N1CC(=O)Nc1ccc(C2CCC(=O)NC2=O)nc1.